The summed E-state index contributed by atoms with van der Waals surface area (Å²) in [6.07, 6.45) is 12.8. The Labute approximate surface area is 247 Å². The Morgan fingerprint density at radius 1 is 0.595 bits per heavy atom. The maximum absolute atomic E-state index is 12.9. The molecule has 2 saturated heterocycles. The largest absolute Gasteiger partial charge is 0.331 e. The number of rotatable bonds is 10. The molecule has 2 atom stereocenters. The first-order chi connectivity index (χ1) is 20.4. The molecule has 2 aliphatic heterocycles. The van der Waals surface area contributed by atoms with Crippen molar-refractivity contribution in [2.75, 3.05) is 23.7 Å². The molecule has 2 aromatic carbocycles. The highest BCUT2D eigenvalue weighted by Gasteiger charge is 2.37. The average Bonchev–Trinajstić information content (AvgIpc) is 3.87. The minimum Gasteiger partial charge on any atom is -0.331 e. The molecule has 2 heterocycles. The van der Waals surface area contributed by atoms with Gasteiger partial charge in [0.05, 0.1) is 0 Å². The average molecular weight is 569 g/mol. The van der Waals surface area contributed by atoms with Gasteiger partial charge in [0.1, 0.15) is 12.1 Å². The van der Waals surface area contributed by atoms with E-state index < -0.39 is 0 Å². The molecule has 4 aliphatic rings. The van der Waals surface area contributed by atoms with Crippen molar-refractivity contribution in [3.05, 3.63) is 59.7 Å². The van der Waals surface area contributed by atoms with Gasteiger partial charge in [0.15, 0.2) is 0 Å². The number of carbonyl (C=O) groups excluding carboxylic acids is 4. The van der Waals surface area contributed by atoms with Gasteiger partial charge in [0.25, 0.3) is 0 Å². The Morgan fingerprint density at radius 2 is 0.976 bits per heavy atom. The number of carbonyl (C=O) groups is 4. The zero-order chi connectivity index (χ0) is 29.1. The van der Waals surface area contributed by atoms with Crippen molar-refractivity contribution in [3.63, 3.8) is 0 Å². The molecule has 220 valence electrons. The first kappa shape index (κ1) is 28.2. The minimum atomic E-state index is -0.379. The molecule has 0 radical (unpaired) electrons. The van der Waals surface area contributed by atoms with Crippen molar-refractivity contribution >= 4 is 47.2 Å². The van der Waals surface area contributed by atoms with E-state index in [4.69, 9.17) is 0 Å². The topological polar surface area (TPSA) is 98.8 Å². The highest BCUT2D eigenvalue weighted by Crippen LogP contribution is 2.35. The summed E-state index contributed by atoms with van der Waals surface area (Å²) in [5.74, 6) is 1.03. The predicted octanol–water partition coefficient (Wildman–Crippen LogP) is 5.32. The second-order valence-electron chi connectivity index (χ2n) is 12.3. The van der Waals surface area contributed by atoms with E-state index in [0.717, 1.165) is 49.7 Å². The summed E-state index contributed by atoms with van der Waals surface area (Å²) >= 11 is 0. The van der Waals surface area contributed by atoms with E-state index >= 15 is 0 Å². The lowest BCUT2D eigenvalue weighted by Gasteiger charge is -2.24. The lowest BCUT2D eigenvalue weighted by molar-refractivity contribution is -0.137. The van der Waals surface area contributed by atoms with Crippen LogP contribution in [0.5, 0.6) is 0 Å². The number of likely N-dealkylation sites (tertiary alicyclic amines) is 2. The summed E-state index contributed by atoms with van der Waals surface area (Å²) in [4.78, 5) is 54.5. The first-order valence-corrected chi connectivity index (χ1v) is 15.5. The fraction of sp³-hybridized carbons (Fsp3) is 0.471. The summed E-state index contributed by atoms with van der Waals surface area (Å²) < 4.78 is 0. The van der Waals surface area contributed by atoms with Gasteiger partial charge < -0.3 is 20.4 Å². The van der Waals surface area contributed by atoms with Crippen molar-refractivity contribution in [1.29, 1.82) is 0 Å². The molecule has 0 spiro atoms. The molecular formula is C34H40N4O4. The van der Waals surface area contributed by atoms with Gasteiger partial charge in [-0.1, -0.05) is 36.4 Å². The zero-order valence-corrected chi connectivity index (χ0v) is 24.1. The molecule has 0 aromatic heterocycles. The Hall–Kier alpha value is -3.94. The van der Waals surface area contributed by atoms with Gasteiger partial charge in [-0.25, -0.2) is 0 Å². The van der Waals surface area contributed by atoms with Gasteiger partial charge >= 0.3 is 0 Å². The van der Waals surface area contributed by atoms with Gasteiger partial charge in [-0.3, -0.25) is 19.2 Å². The van der Waals surface area contributed by atoms with E-state index in [1.54, 1.807) is 9.80 Å². The zero-order valence-electron chi connectivity index (χ0n) is 24.1. The van der Waals surface area contributed by atoms with Crippen LogP contribution < -0.4 is 10.6 Å². The van der Waals surface area contributed by atoms with Crippen LogP contribution in [0.2, 0.25) is 0 Å². The highest BCUT2D eigenvalue weighted by molar-refractivity contribution is 5.98. The van der Waals surface area contributed by atoms with E-state index in [1.807, 2.05) is 60.7 Å². The molecular weight excluding hydrogens is 528 g/mol. The molecule has 2 aliphatic carbocycles. The summed E-state index contributed by atoms with van der Waals surface area (Å²) in [6.45, 7) is 1.34. The molecule has 6 rings (SSSR count). The Balaban J connectivity index is 0.985. The second-order valence-corrected chi connectivity index (χ2v) is 12.3. The van der Waals surface area contributed by atoms with Crippen LogP contribution in [0.4, 0.5) is 11.4 Å². The van der Waals surface area contributed by atoms with Gasteiger partial charge in [0.2, 0.25) is 23.6 Å². The highest BCUT2D eigenvalue weighted by atomic mass is 16.2. The number of amides is 4. The molecule has 0 unspecified atom stereocenters. The maximum atomic E-state index is 12.9. The molecule has 42 heavy (non-hydrogen) atoms. The van der Waals surface area contributed by atoms with Gasteiger partial charge in [-0.15, -0.1) is 0 Å². The number of nitrogens with one attached hydrogen (secondary N) is 2. The van der Waals surface area contributed by atoms with Crippen LogP contribution in [-0.4, -0.2) is 58.6 Å². The fourth-order valence-electron chi connectivity index (χ4n) is 6.05. The van der Waals surface area contributed by atoms with Gasteiger partial charge in [0, 0.05) is 37.3 Å². The molecule has 4 fully saturated rings. The van der Waals surface area contributed by atoms with E-state index in [0.29, 0.717) is 62.0 Å². The third kappa shape index (κ3) is 7.09. The normalized spacial score (nSPS) is 22.0. The van der Waals surface area contributed by atoms with Crippen LogP contribution in [0.3, 0.4) is 0 Å². The van der Waals surface area contributed by atoms with E-state index in [1.165, 1.54) is 0 Å². The molecule has 8 heteroatoms. The summed E-state index contributed by atoms with van der Waals surface area (Å²) in [7, 11) is 0. The molecule has 2 saturated carbocycles. The summed E-state index contributed by atoms with van der Waals surface area (Å²) in [6, 6.07) is 14.5. The van der Waals surface area contributed by atoms with Crippen molar-refractivity contribution in [2.45, 2.75) is 76.3 Å². The van der Waals surface area contributed by atoms with Crippen LogP contribution in [0.15, 0.2) is 48.5 Å². The van der Waals surface area contributed by atoms with Crippen molar-refractivity contribution in [2.24, 2.45) is 11.8 Å². The molecule has 0 bridgehead atoms. The SMILES string of the molecule is O=C(Nc1ccc(/C=C/c2ccc(NC(=O)[C@@H]3CCCN3C(=O)CC3CC3)cc2)cc1)[C@@H]1CCCN1C(=O)CC1CC1. The number of benzene rings is 2. The van der Waals surface area contributed by atoms with Crippen molar-refractivity contribution in [3.8, 4) is 0 Å². The lowest BCUT2D eigenvalue weighted by Crippen LogP contribution is -2.43. The van der Waals surface area contributed by atoms with Gasteiger partial charge in [-0.05, 0) is 98.6 Å². The number of hydrogen-bond acceptors (Lipinski definition) is 4. The smallest absolute Gasteiger partial charge is 0.247 e. The van der Waals surface area contributed by atoms with Gasteiger partial charge in [-0.2, -0.15) is 0 Å². The van der Waals surface area contributed by atoms with Crippen molar-refractivity contribution < 1.29 is 19.2 Å². The Bertz CT molecular complexity index is 1240. The summed E-state index contributed by atoms with van der Waals surface area (Å²) in [5.41, 5.74) is 3.41. The van der Waals surface area contributed by atoms with Crippen LogP contribution in [-0.2, 0) is 19.2 Å². The monoisotopic (exact) mass is 568 g/mol. The minimum absolute atomic E-state index is 0.113. The summed E-state index contributed by atoms with van der Waals surface area (Å²) in [5, 5.41) is 5.97. The third-order valence-corrected chi connectivity index (χ3v) is 8.90. The van der Waals surface area contributed by atoms with Crippen LogP contribution in [0.1, 0.15) is 75.3 Å². The molecule has 4 amide bonds. The Kier molecular flexibility index (Phi) is 8.40. The van der Waals surface area contributed by atoms with Crippen LogP contribution in [0, 0.1) is 11.8 Å². The van der Waals surface area contributed by atoms with Crippen LogP contribution >= 0.6 is 0 Å². The van der Waals surface area contributed by atoms with Crippen LogP contribution in [0.25, 0.3) is 12.2 Å². The van der Waals surface area contributed by atoms with Crippen molar-refractivity contribution in [1.82, 2.24) is 9.80 Å². The van der Waals surface area contributed by atoms with E-state index in [-0.39, 0.29) is 35.7 Å². The standard InChI is InChI=1S/C34H40N4O4/c39-31(21-25-7-8-25)37-19-1-3-29(37)33(41)35-27-15-11-23(12-16-27)5-6-24-13-17-28(18-14-24)36-34(42)30-4-2-20-38(30)32(40)22-26-9-10-26/h5-6,11-18,25-26,29-30H,1-4,7-10,19-22H2,(H,35,41)(H,36,42)/b6-5+/t29-,30-/m0/s1. The predicted molar refractivity (Wildman–Crippen MR) is 163 cm³/mol. The number of anilines is 2. The number of hydrogen-bond donors (Lipinski definition) is 2. The maximum Gasteiger partial charge on any atom is 0.247 e. The molecule has 2 aromatic rings. The molecule has 8 nitrogen and oxygen atoms in total. The number of nitrogens with zero attached hydrogens (tertiary/aromatic N) is 2. The first-order valence-electron chi connectivity index (χ1n) is 15.5. The second kappa shape index (κ2) is 12.5. The van der Waals surface area contributed by atoms with E-state index in [9.17, 15) is 19.2 Å². The quantitative estimate of drug-likeness (QED) is 0.379. The third-order valence-electron chi connectivity index (χ3n) is 8.90. The lowest BCUT2D eigenvalue weighted by atomic mass is 10.1. The van der Waals surface area contributed by atoms with E-state index in [2.05, 4.69) is 10.6 Å². The fourth-order valence-corrected chi connectivity index (χ4v) is 6.05. The Morgan fingerprint density at radius 3 is 1.33 bits per heavy atom. The molecule has 2 N–H and O–H groups in total.